The third-order valence-electron chi connectivity index (χ3n) is 2.75. The third kappa shape index (κ3) is 4.52. The summed E-state index contributed by atoms with van der Waals surface area (Å²) in [6, 6.07) is 12.4. The van der Waals surface area contributed by atoms with Gasteiger partial charge in [-0.2, -0.15) is 0 Å². The SMILES string of the molecule is O=C(O)C=Cc1ccccc1COc1ccc(Cl)c(Cl)c1. The normalized spacial score (nSPS) is 10.8. The summed E-state index contributed by atoms with van der Waals surface area (Å²) in [7, 11) is 0. The summed E-state index contributed by atoms with van der Waals surface area (Å²) in [5, 5.41) is 9.58. The van der Waals surface area contributed by atoms with E-state index in [-0.39, 0.29) is 0 Å². The molecule has 0 radical (unpaired) electrons. The van der Waals surface area contributed by atoms with E-state index in [4.69, 9.17) is 33.0 Å². The second kappa shape index (κ2) is 7.16. The summed E-state index contributed by atoms with van der Waals surface area (Å²) in [5.41, 5.74) is 1.67. The van der Waals surface area contributed by atoms with Crippen molar-refractivity contribution >= 4 is 35.2 Å². The van der Waals surface area contributed by atoms with Gasteiger partial charge >= 0.3 is 5.97 Å². The number of ether oxygens (including phenoxy) is 1. The summed E-state index contributed by atoms with van der Waals surface area (Å²) in [4.78, 5) is 10.6. The van der Waals surface area contributed by atoms with Crippen molar-refractivity contribution in [3.8, 4) is 5.75 Å². The molecule has 0 fully saturated rings. The Kier molecular flexibility index (Phi) is 5.26. The van der Waals surface area contributed by atoms with Crippen LogP contribution in [0.5, 0.6) is 5.75 Å². The Labute approximate surface area is 132 Å². The first-order chi connectivity index (χ1) is 10.1. The summed E-state index contributed by atoms with van der Waals surface area (Å²) in [6.45, 7) is 0.304. The summed E-state index contributed by atoms with van der Waals surface area (Å²) in [5.74, 6) is -0.392. The van der Waals surface area contributed by atoms with Crippen LogP contribution >= 0.6 is 23.2 Å². The van der Waals surface area contributed by atoms with E-state index in [0.717, 1.165) is 17.2 Å². The highest BCUT2D eigenvalue weighted by molar-refractivity contribution is 6.42. The van der Waals surface area contributed by atoms with E-state index in [9.17, 15) is 4.79 Å². The molecule has 0 spiro atoms. The van der Waals surface area contributed by atoms with Gasteiger partial charge in [-0.05, 0) is 29.3 Å². The van der Waals surface area contributed by atoms with E-state index in [0.29, 0.717) is 22.4 Å². The number of carboxylic acid groups (broad SMARTS) is 1. The molecule has 0 saturated heterocycles. The van der Waals surface area contributed by atoms with Crippen molar-refractivity contribution in [1.82, 2.24) is 0 Å². The Morgan fingerprint density at radius 1 is 1.14 bits per heavy atom. The van der Waals surface area contributed by atoms with Crippen LogP contribution < -0.4 is 4.74 Å². The highest BCUT2D eigenvalue weighted by Crippen LogP contribution is 2.27. The lowest BCUT2D eigenvalue weighted by Crippen LogP contribution is -1.98. The number of aliphatic carboxylic acids is 1. The Balaban J connectivity index is 2.12. The van der Waals surface area contributed by atoms with Gasteiger partial charge in [0.25, 0.3) is 0 Å². The van der Waals surface area contributed by atoms with Gasteiger partial charge in [0, 0.05) is 12.1 Å². The number of hydrogen-bond donors (Lipinski definition) is 1. The first-order valence-corrected chi connectivity index (χ1v) is 6.88. The average Bonchev–Trinajstić information content (AvgIpc) is 2.47. The minimum Gasteiger partial charge on any atom is -0.489 e. The fraction of sp³-hybridized carbons (Fsp3) is 0.0625. The first-order valence-electron chi connectivity index (χ1n) is 6.13. The van der Waals surface area contributed by atoms with E-state index in [1.807, 2.05) is 24.3 Å². The lowest BCUT2D eigenvalue weighted by atomic mass is 10.1. The molecule has 21 heavy (non-hydrogen) atoms. The zero-order chi connectivity index (χ0) is 15.2. The maximum Gasteiger partial charge on any atom is 0.328 e. The molecule has 0 aromatic heterocycles. The summed E-state index contributed by atoms with van der Waals surface area (Å²) < 4.78 is 5.65. The molecule has 3 nitrogen and oxygen atoms in total. The van der Waals surface area contributed by atoms with Gasteiger partial charge in [0.1, 0.15) is 12.4 Å². The highest BCUT2D eigenvalue weighted by Gasteiger charge is 2.03. The van der Waals surface area contributed by atoms with E-state index < -0.39 is 5.97 Å². The van der Waals surface area contributed by atoms with Crippen LogP contribution in [0.15, 0.2) is 48.5 Å². The predicted octanol–water partition coefficient (Wildman–Crippen LogP) is 4.67. The van der Waals surface area contributed by atoms with Crippen LogP contribution in [0.4, 0.5) is 0 Å². The van der Waals surface area contributed by atoms with Crippen molar-refractivity contribution in [3.05, 3.63) is 69.7 Å². The number of rotatable bonds is 5. The van der Waals surface area contributed by atoms with Crippen LogP contribution in [-0.2, 0) is 11.4 Å². The molecule has 2 aromatic carbocycles. The predicted molar refractivity (Wildman–Crippen MR) is 83.9 cm³/mol. The number of carbonyl (C=O) groups is 1. The standard InChI is InChI=1S/C16H12Cl2O3/c17-14-7-6-13(9-15(14)18)21-10-12-4-2-1-3-11(12)5-8-16(19)20/h1-9H,10H2,(H,19,20). The molecule has 0 bridgehead atoms. The number of halogens is 2. The molecular weight excluding hydrogens is 311 g/mol. The maximum absolute atomic E-state index is 10.6. The fourth-order valence-electron chi connectivity index (χ4n) is 1.72. The molecule has 1 N–H and O–H groups in total. The third-order valence-corrected chi connectivity index (χ3v) is 3.48. The molecule has 2 rings (SSSR count). The van der Waals surface area contributed by atoms with Gasteiger partial charge in [0.05, 0.1) is 10.0 Å². The van der Waals surface area contributed by atoms with Crippen LogP contribution in [0.3, 0.4) is 0 Å². The second-order valence-electron chi connectivity index (χ2n) is 4.23. The number of hydrogen-bond acceptors (Lipinski definition) is 2. The zero-order valence-electron chi connectivity index (χ0n) is 10.9. The van der Waals surface area contributed by atoms with Crippen LogP contribution in [0.25, 0.3) is 6.08 Å². The lowest BCUT2D eigenvalue weighted by Gasteiger charge is -2.09. The Morgan fingerprint density at radius 3 is 2.62 bits per heavy atom. The number of carboxylic acids is 1. The molecule has 108 valence electrons. The van der Waals surface area contributed by atoms with Crippen molar-refractivity contribution in [2.24, 2.45) is 0 Å². The van der Waals surface area contributed by atoms with Crippen molar-refractivity contribution in [2.75, 3.05) is 0 Å². The topological polar surface area (TPSA) is 46.5 Å². The van der Waals surface area contributed by atoms with Crippen molar-refractivity contribution in [1.29, 1.82) is 0 Å². The largest absolute Gasteiger partial charge is 0.489 e. The van der Waals surface area contributed by atoms with Gasteiger partial charge in [-0.25, -0.2) is 4.79 Å². The smallest absolute Gasteiger partial charge is 0.328 e. The second-order valence-corrected chi connectivity index (χ2v) is 5.05. The van der Waals surface area contributed by atoms with E-state index in [1.54, 1.807) is 18.2 Å². The minimum absolute atomic E-state index is 0.304. The molecule has 0 heterocycles. The maximum atomic E-state index is 10.6. The van der Waals surface area contributed by atoms with Gasteiger partial charge in [-0.1, -0.05) is 47.5 Å². The average molecular weight is 323 g/mol. The van der Waals surface area contributed by atoms with Crippen molar-refractivity contribution in [2.45, 2.75) is 6.61 Å². The molecule has 0 saturated carbocycles. The monoisotopic (exact) mass is 322 g/mol. The Bertz CT molecular complexity index is 681. The van der Waals surface area contributed by atoms with Gasteiger partial charge in [0.15, 0.2) is 0 Å². The van der Waals surface area contributed by atoms with Gasteiger partial charge in [-0.15, -0.1) is 0 Å². The van der Waals surface area contributed by atoms with E-state index >= 15 is 0 Å². The molecule has 0 aliphatic rings. The lowest BCUT2D eigenvalue weighted by molar-refractivity contribution is -0.131. The van der Waals surface area contributed by atoms with Crippen LogP contribution in [0, 0.1) is 0 Å². The molecule has 5 heteroatoms. The molecule has 0 aliphatic heterocycles. The van der Waals surface area contributed by atoms with Crippen molar-refractivity contribution in [3.63, 3.8) is 0 Å². The van der Waals surface area contributed by atoms with Crippen LogP contribution in [-0.4, -0.2) is 11.1 Å². The van der Waals surface area contributed by atoms with Crippen LogP contribution in [0.1, 0.15) is 11.1 Å². The molecule has 0 amide bonds. The van der Waals surface area contributed by atoms with Gasteiger partial charge < -0.3 is 9.84 Å². The molecule has 0 atom stereocenters. The van der Waals surface area contributed by atoms with Gasteiger partial charge in [-0.3, -0.25) is 0 Å². The van der Waals surface area contributed by atoms with Gasteiger partial charge in [0.2, 0.25) is 0 Å². The number of benzene rings is 2. The zero-order valence-corrected chi connectivity index (χ0v) is 12.4. The van der Waals surface area contributed by atoms with Crippen LogP contribution in [0.2, 0.25) is 10.0 Å². The van der Waals surface area contributed by atoms with Crippen molar-refractivity contribution < 1.29 is 14.6 Å². The first kappa shape index (κ1) is 15.4. The fourth-order valence-corrected chi connectivity index (χ4v) is 2.01. The summed E-state index contributed by atoms with van der Waals surface area (Å²) >= 11 is 11.8. The summed E-state index contributed by atoms with van der Waals surface area (Å²) in [6.07, 6.45) is 2.63. The molecular formula is C16H12Cl2O3. The molecule has 2 aromatic rings. The molecule has 0 unspecified atom stereocenters. The molecule has 0 aliphatic carbocycles. The Hall–Kier alpha value is -1.97. The van der Waals surface area contributed by atoms with E-state index in [2.05, 4.69) is 0 Å². The minimum atomic E-state index is -0.991. The Morgan fingerprint density at radius 2 is 1.90 bits per heavy atom. The highest BCUT2D eigenvalue weighted by atomic mass is 35.5. The van der Waals surface area contributed by atoms with E-state index in [1.165, 1.54) is 6.08 Å². The quantitative estimate of drug-likeness (QED) is 0.813.